The third-order valence-electron chi connectivity index (χ3n) is 8.08. The van der Waals surface area contributed by atoms with Crippen LogP contribution in [-0.4, -0.2) is 50.3 Å². The van der Waals surface area contributed by atoms with Crippen LogP contribution in [0.3, 0.4) is 0 Å². The monoisotopic (exact) mass is 678 g/mol. The number of ketones is 1. The van der Waals surface area contributed by atoms with E-state index in [4.69, 9.17) is 14.2 Å². The molecule has 11 nitrogen and oxygen atoms in total. The van der Waals surface area contributed by atoms with Crippen molar-refractivity contribution in [1.82, 2.24) is 14.4 Å². The highest BCUT2D eigenvalue weighted by Gasteiger charge is 2.49. The number of carbonyl (C=O) groups excluding carboxylic acids is 3. The molecule has 1 atom stereocenters. The van der Waals surface area contributed by atoms with Crippen molar-refractivity contribution < 1.29 is 33.7 Å². The van der Waals surface area contributed by atoms with Gasteiger partial charge in [-0.25, -0.2) is 14.8 Å². The van der Waals surface area contributed by atoms with Gasteiger partial charge in [0.15, 0.2) is 22.4 Å². The van der Waals surface area contributed by atoms with E-state index in [1.54, 1.807) is 32.0 Å². The fourth-order valence-corrected chi connectivity index (χ4v) is 6.70. The zero-order valence-corrected chi connectivity index (χ0v) is 28.2. The highest BCUT2D eigenvalue weighted by molar-refractivity contribution is 7.17. The molecule has 1 unspecified atom stereocenters. The van der Waals surface area contributed by atoms with Gasteiger partial charge in [0.25, 0.3) is 5.78 Å². The van der Waals surface area contributed by atoms with Gasteiger partial charge in [0.2, 0.25) is 0 Å². The molecule has 2 aromatic carbocycles. The van der Waals surface area contributed by atoms with Crippen LogP contribution in [-0.2, 0) is 20.9 Å². The quantitative estimate of drug-likeness (QED) is 0.0535. The molecular formula is C37H34N4O7S. The first-order valence-corrected chi connectivity index (χ1v) is 16.4. The fourth-order valence-electron chi connectivity index (χ4n) is 5.71. The Morgan fingerprint density at radius 3 is 2.51 bits per heavy atom. The Balaban J connectivity index is 1.51. The second-order valence-corrected chi connectivity index (χ2v) is 12.3. The number of benzene rings is 2. The van der Waals surface area contributed by atoms with E-state index in [1.165, 1.54) is 11.0 Å². The molecule has 6 rings (SSSR count). The first-order chi connectivity index (χ1) is 23.6. The van der Waals surface area contributed by atoms with E-state index in [0.29, 0.717) is 40.7 Å². The highest BCUT2D eigenvalue weighted by atomic mass is 32.1. The standard InChI is InChI=1S/C37H34N4O7S/c1-6-18-47-36(45)33-22(4)38-37(49-33)41-30(25-15-16-26(27(19-25)46-7-2)48-20-24-13-9-8-10-14-24)28(32(43)35(41)44)31(42)29-23(5)40-17-11-12-21(3)34(40)39-29/h6,8-17,19,30,42H,1,7,18,20H2,2-5H3/b31-28+. The molecule has 1 aliphatic rings. The molecule has 1 saturated heterocycles. The number of thiazole rings is 1. The minimum Gasteiger partial charge on any atom is -0.505 e. The lowest BCUT2D eigenvalue weighted by atomic mass is 9.96. The summed E-state index contributed by atoms with van der Waals surface area (Å²) < 4.78 is 19.1. The van der Waals surface area contributed by atoms with Crippen LogP contribution in [0.4, 0.5) is 5.13 Å². The lowest BCUT2D eigenvalue weighted by molar-refractivity contribution is -0.132. The molecule has 0 aliphatic carbocycles. The Hall–Kier alpha value is -5.75. The topological polar surface area (TPSA) is 133 Å². The maximum absolute atomic E-state index is 14.0. The lowest BCUT2D eigenvalue weighted by Crippen LogP contribution is -2.29. The van der Waals surface area contributed by atoms with Gasteiger partial charge in [-0.2, -0.15) is 0 Å². The van der Waals surface area contributed by atoms with Crippen molar-refractivity contribution in [1.29, 1.82) is 0 Å². The summed E-state index contributed by atoms with van der Waals surface area (Å²) in [5.74, 6) is -2.09. The maximum atomic E-state index is 14.0. The van der Waals surface area contributed by atoms with Crippen LogP contribution in [0.1, 0.15) is 56.4 Å². The summed E-state index contributed by atoms with van der Waals surface area (Å²) in [4.78, 5) is 51.3. The summed E-state index contributed by atoms with van der Waals surface area (Å²) in [5, 5.41) is 12.0. The first kappa shape index (κ1) is 33.2. The molecule has 12 heteroatoms. The Kier molecular flexibility index (Phi) is 9.32. The number of aliphatic hydroxyl groups excluding tert-OH is 1. The minimum absolute atomic E-state index is 0.00719. The summed E-state index contributed by atoms with van der Waals surface area (Å²) in [7, 11) is 0. The molecule has 0 bridgehead atoms. The van der Waals surface area contributed by atoms with Gasteiger partial charge in [-0.1, -0.05) is 66.5 Å². The molecule has 0 spiro atoms. The van der Waals surface area contributed by atoms with E-state index in [1.807, 2.05) is 66.9 Å². The molecule has 1 fully saturated rings. The van der Waals surface area contributed by atoms with Gasteiger partial charge in [-0.05, 0) is 62.6 Å². The van der Waals surface area contributed by atoms with Gasteiger partial charge in [0.05, 0.1) is 29.6 Å². The van der Waals surface area contributed by atoms with Gasteiger partial charge >= 0.3 is 11.9 Å². The second kappa shape index (κ2) is 13.8. The van der Waals surface area contributed by atoms with E-state index in [-0.39, 0.29) is 34.5 Å². The number of ether oxygens (including phenoxy) is 3. The number of aryl methyl sites for hydroxylation is 3. The van der Waals surface area contributed by atoms with Gasteiger partial charge in [-0.3, -0.25) is 14.5 Å². The number of imidazole rings is 1. The number of aliphatic hydroxyl groups is 1. The number of hydrogen-bond donors (Lipinski definition) is 1. The molecule has 4 heterocycles. The SMILES string of the molecule is C=CCOC(=O)c1sc(N2C(=O)C(=O)/C(=C(/O)c3nc4c(C)cccn4c3C)C2c2ccc(OCc3ccccc3)c(OCC)c2)nc1C. The zero-order valence-electron chi connectivity index (χ0n) is 27.4. The van der Waals surface area contributed by atoms with E-state index < -0.39 is 29.5 Å². The summed E-state index contributed by atoms with van der Waals surface area (Å²) >= 11 is 0.914. The number of hydrogen-bond acceptors (Lipinski definition) is 10. The Bertz CT molecular complexity index is 2130. The van der Waals surface area contributed by atoms with E-state index in [2.05, 4.69) is 16.5 Å². The maximum Gasteiger partial charge on any atom is 0.350 e. The number of rotatable bonds is 11. The van der Waals surface area contributed by atoms with Crippen LogP contribution in [0, 0.1) is 20.8 Å². The first-order valence-electron chi connectivity index (χ1n) is 15.6. The van der Waals surface area contributed by atoms with Crippen LogP contribution in [0.25, 0.3) is 11.4 Å². The summed E-state index contributed by atoms with van der Waals surface area (Å²) in [6, 6.07) is 17.3. The minimum atomic E-state index is -1.16. The summed E-state index contributed by atoms with van der Waals surface area (Å²) in [6.45, 7) is 11.3. The Morgan fingerprint density at radius 1 is 1.02 bits per heavy atom. The predicted octanol–water partition coefficient (Wildman–Crippen LogP) is 6.66. The third kappa shape index (κ3) is 6.18. The number of carbonyl (C=O) groups is 3. The van der Waals surface area contributed by atoms with E-state index in [0.717, 1.165) is 22.5 Å². The number of esters is 1. The number of Topliss-reactive ketones (excluding diaryl/α,β-unsaturated/α-hetero) is 1. The second-order valence-electron chi connectivity index (χ2n) is 11.3. The largest absolute Gasteiger partial charge is 0.505 e. The number of amides is 1. The number of aromatic nitrogens is 3. The fraction of sp³-hybridized carbons (Fsp3) is 0.216. The van der Waals surface area contributed by atoms with Crippen molar-refractivity contribution in [3.63, 3.8) is 0 Å². The summed E-state index contributed by atoms with van der Waals surface area (Å²) in [6.07, 6.45) is 3.26. The molecule has 5 aromatic rings. The molecule has 0 saturated carbocycles. The molecule has 49 heavy (non-hydrogen) atoms. The van der Waals surface area contributed by atoms with Crippen LogP contribution in [0.2, 0.25) is 0 Å². The van der Waals surface area contributed by atoms with Gasteiger partial charge in [-0.15, -0.1) is 0 Å². The zero-order chi connectivity index (χ0) is 34.8. The molecule has 0 radical (unpaired) electrons. The number of anilines is 1. The van der Waals surface area contributed by atoms with E-state index in [9.17, 15) is 19.5 Å². The van der Waals surface area contributed by atoms with Crippen molar-refractivity contribution in [2.75, 3.05) is 18.1 Å². The average molecular weight is 679 g/mol. The highest BCUT2D eigenvalue weighted by Crippen LogP contribution is 2.46. The van der Waals surface area contributed by atoms with Crippen LogP contribution in [0.15, 0.2) is 85.1 Å². The number of pyridine rings is 1. The number of nitrogens with zero attached hydrogens (tertiary/aromatic N) is 4. The molecule has 1 aliphatic heterocycles. The van der Waals surface area contributed by atoms with Gasteiger partial charge < -0.3 is 23.7 Å². The van der Waals surface area contributed by atoms with Gasteiger partial charge in [0, 0.05) is 6.20 Å². The molecule has 250 valence electrons. The Morgan fingerprint density at radius 2 is 1.80 bits per heavy atom. The molecule has 1 amide bonds. The third-order valence-corrected chi connectivity index (χ3v) is 9.22. The van der Waals surface area contributed by atoms with Crippen molar-refractivity contribution in [3.05, 3.63) is 124 Å². The smallest absolute Gasteiger partial charge is 0.350 e. The Labute approximate surface area is 286 Å². The normalized spacial score (nSPS) is 15.5. The van der Waals surface area contributed by atoms with Crippen molar-refractivity contribution in [2.24, 2.45) is 0 Å². The number of fused-ring (bicyclic) bond motifs is 1. The summed E-state index contributed by atoms with van der Waals surface area (Å²) in [5.41, 5.74) is 3.75. The van der Waals surface area contributed by atoms with E-state index >= 15 is 0 Å². The van der Waals surface area contributed by atoms with Gasteiger partial charge in [0.1, 0.15) is 29.4 Å². The molecular weight excluding hydrogens is 644 g/mol. The molecule has 3 aromatic heterocycles. The van der Waals surface area contributed by atoms with Crippen LogP contribution >= 0.6 is 11.3 Å². The van der Waals surface area contributed by atoms with Crippen molar-refractivity contribution >= 4 is 45.5 Å². The van der Waals surface area contributed by atoms with Crippen LogP contribution in [0.5, 0.6) is 11.5 Å². The van der Waals surface area contributed by atoms with Crippen molar-refractivity contribution in [2.45, 2.75) is 40.3 Å². The van der Waals surface area contributed by atoms with Crippen LogP contribution < -0.4 is 14.4 Å². The average Bonchev–Trinajstić information content (AvgIpc) is 3.74. The molecule has 1 N–H and O–H groups in total. The lowest BCUT2D eigenvalue weighted by Gasteiger charge is -2.24. The van der Waals surface area contributed by atoms with Crippen molar-refractivity contribution in [3.8, 4) is 11.5 Å². The predicted molar refractivity (Wildman–Crippen MR) is 185 cm³/mol.